The molecule has 2 aliphatic heterocycles. The van der Waals surface area contributed by atoms with Gasteiger partial charge in [0.05, 0.1) is 5.25 Å². The standard InChI is InChI=1S/C15H20N2O2S/c1-15(2)8-10-4-3-5-11(13(10)19-15)12-9-17(14(16)18)6-7-20-12/h3-5,12H,6-9H2,1-2H3,(H2,16,18). The maximum absolute atomic E-state index is 11.4. The molecule has 0 aliphatic carbocycles. The summed E-state index contributed by atoms with van der Waals surface area (Å²) in [6.07, 6.45) is 0.938. The molecule has 2 aliphatic rings. The Morgan fingerprint density at radius 3 is 3.05 bits per heavy atom. The Bertz CT molecular complexity index is 545. The Morgan fingerprint density at radius 1 is 1.50 bits per heavy atom. The monoisotopic (exact) mass is 292 g/mol. The van der Waals surface area contributed by atoms with E-state index in [9.17, 15) is 4.79 Å². The van der Waals surface area contributed by atoms with Crippen molar-refractivity contribution < 1.29 is 9.53 Å². The van der Waals surface area contributed by atoms with Crippen molar-refractivity contribution in [1.82, 2.24) is 4.90 Å². The van der Waals surface area contributed by atoms with Crippen LogP contribution in [0.4, 0.5) is 4.79 Å². The van der Waals surface area contributed by atoms with Crippen molar-refractivity contribution in [1.29, 1.82) is 0 Å². The molecule has 3 rings (SSSR count). The number of carbonyl (C=O) groups excluding carboxylic acids is 1. The third kappa shape index (κ3) is 2.46. The van der Waals surface area contributed by atoms with E-state index in [-0.39, 0.29) is 16.9 Å². The largest absolute Gasteiger partial charge is 0.487 e. The van der Waals surface area contributed by atoms with Crippen LogP contribution < -0.4 is 10.5 Å². The fourth-order valence-electron chi connectivity index (χ4n) is 2.93. The number of ether oxygens (including phenoxy) is 1. The lowest BCUT2D eigenvalue weighted by Gasteiger charge is -2.32. The molecule has 1 aromatic rings. The van der Waals surface area contributed by atoms with Gasteiger partial charge < -0.3 is 15.4 Å². The zero-order chi connectivity index (χ0) is 14.3. The number of hydrogen-bond donors (Lipinski definition) is 1. The molecule has 1 atom stereocenters. The first-order chi connectivity index (χ1) is 9.46. The molecule has 0 spiro atoms. The van der Waals surface area contributed by atoms with E-state index >= 15 is 0 Å². The zero-order valence-corrected chi connectivity index (χ0v) is 12.7. The molecule has 2 N–H and O–H groups in total. The summed E-state index contributed by atoms with van der Waals surface area (Å²) >= 11 is 1.87. The van der Waals surface area contributed by atoms with E-state index in [0.717, 1.165) is 24.5 Å². The van der Waals surface area contributed by atoms with Gasteiger partial charge >= 0.3 is 6.03 Å². The van der Waals surface area contributed by atoms with Gasteiger partial charge in [-0.3, -0.25) is 0 Å². The number of rotatable bonds is 1. The van der Waals surface area contributed by atoms with Crippen LogP contribution in [0, 0.1) is 0 Å². The number of fused-ring (bicyclic) bond motifs is 1. The highest BCUT2D eigenvalue weighted by atomic mass is 32.2. The Hall–Kier alpha value is -1.36. The lowest BCUT2D eigenvalue weighted by atomic mass is 9.99. The minimum absolute atomic E-state index is 0.138. The van der Waals surface area contributed by atoms with Gasteiger partial charge in [-0.15, -0.1) is 11.8 Å². The third-order valence-electron chi connectivity index (χ3n) is 3.85. The topological polar surface area (TPSA) is 55.6 Å². The highest BCUT2D eigenvalue weighted by Crippen LogP contribution is 2.44. The van der Waals surface area contributed by atoms with E-state index in [1.54, 1.807) is 4.90 Å². The summed E-state index contributed by atoms with van der Waals surface area (Å²) in [5.41, 5.74) is 7.74. The van der Waals surface area contributed by atoms with Crippen LogP contribution in [-0.2, 0) is 6.42 Å². The van der Waals surface area contributed by atoms with Crippen LogP contribution in [0.3, 0.4) is 0 Å². The molecule has 5 heteroatoms. The normalized spacial score (nSPS) is 24.1. The Balaban J connectivity index is 1.89. The first-order valence-electron chi connectivity index (χ1n) is 6.93. The predicted octanol–water partition coefficient (Wildman–Crippen LogP) is 2.57. The molecule has 1 fully saturated rings. The van der Waals surface area contributed by atoms with E-state index in [2.05, 4.69) is 32.0 Å². The molecule has 20 heavy (non-hydrogen) atoms. The SMILES string of the molecule is CC1(C)Cc2cccc(C3CN(C(N)=O)CCS3)c2O1. The molecule has 2 amide bonds. The molecule has 0 saturated carbocycles. The summed E-state index contributed by atoms with van der Waals surface area (Å²) in [6, 6.07) is 6.00. The van der Waals surface area contributed by atoms with Crippen LogP contribution in [0.2, 0.25) is 0 Å². The number of urea groups is 1. The minimum Gasteiger partial charge on any atom is -0.487 e. The fraction of sp³-hybridized carbons (Fsp3) is 0.533. The summed E-state index contributed by atoms with van der Waals surface area (Å²) in [7, 11) is 0. The van der Waals surface area contributed by atoms with Gasteiger partial charge in [-0.1, -0.05) is 18.2 Å². The van der Waals surface area contributed by atoms with Crippen molar-refractivity contribution in [3.8, 4) is 5.75 Å². The fourth-order valence-corrected chi connectivity index (χ4v) is 4.19. The highest BCUT2D eigenvalue weighted by molar-refractivity contribution is 7.99. The summed E-state index contributed by atoms with van der Waals surface area (Å²) in [5.74, 6) is 1.93. The second-order valence-corrected chi connectivity index (χ2v) is 7.33. The molecule has 2 heterocycles. The third-order valence-corrected chi connectivity index (χ3v) is 5.07. The first kappa shape index (κ1) is 13.6. The zero-order valence-electron chi connectivity index (χ0n) is 11.9. The summed E-state index contributed by atoms with van der Waals surface area (Å²) in [5, 5.41) is 0.250. The van der Waals surface area contributed by atoms with E-state index < -0.39 is 0 Å². The molecule has 0 bridgehead atoms. The Morgan fingerprint density at radius 2 is 2.30 bits per heavy atom. The predicted molar refractivity (Wildman–Crippen MR) is 81.2 cm³/mol. The second-order valence-electron chi connectivity index (χ2n) is 6.02. The van der Waals surface area contributed by atoms with Crippen LogP contribution in [-0.4, -0.2) is 35.4 Å². The number of carbonyl (C=O) groups is 1. The molecule has 1 aromatic carbocycles. The molecule has 108 valence electrons. The van der Waals surface area contributed by atoms with Crippen molar-refractivity contribution in [2.75, 3.05) is 18.8 Å². The van der Waals surface area contributed by atoms with Crippen LogP contribution in [0.25, 0.3) is 0 Å². The smallest absolute Gasteiger partial charge is 0.314 e. The maximum atomic E-state index is 11.4. The lowest BCUT2D eigenvalue weighted by Crippen LogP contribution is -2.42. The number of nitrogens with two attached hydrogens (primary N) is 1. The summed E-state index contributed by atoms with van der Waals surface area (Å²) in [6.45, 7) is 5.62. The summed E-state index contributed by atoms with van der Waals surface area (Å²) in [4.78, 5) is 13.1. The van der Waals surface area contributed by atoms with Gasteiger partial charge in [0.25, 0.3) is 0 Å². The van der Waals surface area contributed by atoms with Gasteiger partial charge in [0.15, 0.2) is 0 Å². The number of hydrogen-bond acceptors (Lipinski definition) is 3. The van der Waals surface area contributed by atoms with Crippen molar-refractivity contribution in [2.45, 2.75) is 31.1 Å². The number of para-hydroxylation sites is 1. The van der Waals surface area contributed by atoms with Gasteiger partial charge in [0.1, 0.15) is 11.4 Å². The average molecular weight is 292 g/mol. The minimum atomic E-state index is -0.330. The van der Waals surface area contributed by atoms with Crippen molar-refractivity contribution in [3.05, 3.63) is 29.3 Å². The number of nitrogens with zero attached hydrogens (tertiary/aromatic N) is 1. The maximum Gasteiger partial charge on any atom is 0.314 e. The molecule has 0 aromatic heterocycles. The van der Waals surface area contributed by atoms with Gasteiger partial charge in [0, 0.05) is 30.8 Å². The van der Waals surface area contributed by atoms with Gasteiger partial charge in [-0.25, -0.2) is 4.79 Å². The quantitative estimate of drug-likeness (QED) is 0.865. The van der Waals surface area contributed by atoms with Crippen molar-refractivity contribution >= 4 is 17.8 Å². The molecule has 0 radical (unpaired) electrons. The first-order valence-corrected chi connectivity index (χ1v) is 7.98. The molecule has 4 nitrogen and oxygen atoms in total. The van der Waals surface area contributed by atoms with E-state index in [1.807, 2.05) is 11.8 Å². The van der Waals surface area contributed by atoms with Gasteiger partial charge in [-0.2, -0.15) is 0 Å². The number of primary amides is 1. The molecular weight excluding hydrogens is 272 g/mol. The lowest BCUT2D eigenvalue weighted by molar-refractivity contribution is 0.137. The summed E-state index contributed by atoms with van der Waals surface area (Å²) < 4.78 is 6.13. The highest BCUT2D eigenvalue weighted by Gasteiger charge is 2.34. The van der Waals surface area contributed by atoms with E-state index in [0.29, 0.717) is 6.54 Å². The molecular formula is C15H20N2O2S. The van der Waals surface area contributed by atoms with Crippen molar-refractivity contribution in [3.63, 3.8) is 0 Å². The molecule has 1 saturated heterocycles. The Kier molecular flexibility index (Phi) is 3.32. The van der Waals surface area contributed by atoms with E-state index in [1.165, 1.54) is 11.1 Å². The van der Waals surface area contributed by atoms with Crippen LogP contribution in [0.15, 0.2) is 18.2 Å². The number of thioether (sulfide) groups is 1. The Labute approximate surface area is 123 Å². The number of amides is 2. The average Bonchev–Trinajstić information content (AvgIpc) is 2.72. The van der Waals surface area contributed by atoms with Crippen LogP contribution in [0.1, 0.15) is 30.2 Å². The van der Waals surface area contributed by atoms with Gasteiger partial charge in [0.2, 0.25) is 0 Å². The number of benzene rings is 1. The second kappa shape index (κ2) is 4.88. The van der Waals surface area contributed by atoms with Crippen LogP contribution >= 0.6 is 11.8 Å². The van der Waals surface area contributed by atoms with Crippen LogP contribution in [0.5, 0.6) is 5.75 Å². The van der Waals surface area contributed by atoms with Gasteiger partial charge in [-0.05, 0) is 19.4 Å². The van der Waals surface area contributed by atoms with E-state index in [4.69, 9.17) is 10.5 Å². The molecule has 1 unspecified atom stereocenters. The van der Waals surface area contributed by atoms with Crippen molar-refractivity contribution in [2.24, 2.45) is 5.73 Å².